The van der Waals surface area contributed by atoms with Gasteiger partial charge in [-0.3, -0.25) is 15.0 Å². The third-order valence-corrected chi connectivity index (χ3v) is 4.80. The molecule has 1 unspecified atom stereocenters. The van der Waals surface area contributed by atoms with Gasteiger partial charge in [-0.15, -0.1) is 0 Å². The number of amides is 1. The van der Waals surface area contributed by atoms with Gasteiger partial charge in [-0.05, 0) is 35.7 Å². The number of esters is 2. The molecular formula is C23H24ClFN2O8. The van der Waals surface area contributed by atoms with Crippen LogP contribution in [0.3, 0.4) is 0 Å². The fraction of sp³-hybridized carbons (Fsp3) is 0.304. The lowest BCUT2D eigenvalue weighted by Gasteiger charge is -2.24. The van der Waals surface area contributed by atoms with Crippen LogP contribution in [0.1, 0.15) is 25.3 Å². The molecule has 0 bridgehead atoms. The minimum Gasteiger partial charge on any atom is -0.474 e. The van der Waals surface area contributed by atoms with Crippen molar-refractivity contribution in [2.45, 2.75) is 32.4 Å². The number of hydrogen-bond acceptors (Lipinski definition) is 8. The van der Waals surface area contributed by atoms with E-state index in [0.717, 1.165) is 5.01 Å². The van der Waals surface area contributed by atoms with Gasteiger partial charge in [0.05, 0.1) is 6.54 Å². The van der Waals surface area contributed by atoms with Crippen LogP contribution in [0.25, 0.3) is 11.1 Å². The molecule has 10 nitrogen and oxygen atoms in total. The molecular weight excluding hydrogens is 487 g/mol. The summed E-state index contributed by atoms with van der Waals surface area (Å²) in [6.45, 7) is 0.413. The maximum atomic E-state index is 14.1. The van der Waals surface area contributed by atoms with Crippen LogP contribution in [0.2, 0.25) is 5.02 Å². The molecule has 1 amide bonds. The molecule has 1 atom stereocenters. The van der Waals surface area contributed by atoms with Crippen LogP contribution >= 0.6 is 11.6 Å². The Morgan fingerprint density at radius 1 is 1.11 bits per heavy atom. The highest BCUT2D eigenvalue weighted by Crippen LogP contribution is 2.26. The third kappa shape index (κ3) is 8.96. The average Bonchev–Trinajstić information content (AvgIpc) is 2.81. The van der Waals surface area contributed by atoms with Crippen molar-refractivity contribution < 1.29 is 43.3 Å². The number of aliphatic carboxylic acids is 1. The van der Waals surface area contributed by atoms with Gasteiger partial charge in [-0.2, -0.15) is 0 Å². The summed E-state index contributed by atoms with van der Waals surface area (Å²) < 4.78 is 23.5. The van der Waals surface area contributed by atoms with Crippen LogP contribution in [0.4, 0.5) is 4.39 Å². The Morgan fingerprint density at radius 2 is 1.80 bits per heavy atom. The molecule has 0 aliphatic carbocycles. The minimum absolute atomic E-state index is 0.118. The Morgan fingerprint density at radius 3 is 2.43 bits per heavy atom. The van der Waals surface area contributed by atoms with Gasteiger partial charge in [0.15, 0.2) is 6.10 Å². The maximum Gasteiger partial charge on any atom is 0.395 e. The number of carbonyl (C=O) groups excluding carboxylic acids is 3. The number of carboxylic acid groups (broad SMARTS) is 1. The standard InChI is InChI=1S/C23H24ClFN2O8/c1-2-3-20(29)34-13-35-23(33)19(28)12-27(26-21(30)22(31)32)11-14-4-6-15(7-5-14)17-10-16(24)8-9-18(17)25/h4-10,19,28H,2-3,11-13H2,1H3,(H,26,30)(H,31,32). The van der Waals surface area contributed by atoms with Crippen LogP contribution in [0.5, 0.6) is 0 Å². The van der Waals surface area contributed by atoms with E-state index in [-0.39, 0.29) is 18.5 Å². The molecule has 12 heteroatoms. The van der Waals surface area contributed by atoms with E-state index in [4.69, 9.17) is 16.7 Å². The predicted octanol–water partition coefficient (Wildman–Crippen LogP) is 2.27. The van der Waals surface area contributed by atoms with Crippen LogP contribution in [-0.2, 0) is 35.2 Å². The largest absolute Gasteiger partial charge is 0.474 e. The summed E-state index contributed by atoms with van der Waals surface area (Å²) in [5, 5.41) is 20.4. The van der Waals surface area contributed by atoms with E-state index in [9.17, 15) is 28.7 Å². The van der Waals surface area contributed by atoms with Crippen molar-refractivity contribution in [1.29, 1.82) is 0 Å². The number of rotatable bonds is 11. The van der Waals surface area contributed by atoms with Crippen molar-refractivity contribution >= 4 is 35.4 Å². The van der Waals surface area contributed by atoms with Crippen molar-refractivity contribution in [3.8, 4) is 11.1 Å². The van der Waals surface area contributed by atoms with Crippen LogP contribution in [0.15, 0.2) is 42.5 Å². The fourth-order valence-corrected chi connectivity index (χ4v) is 3.05. The van der Waals surface area contributed by atoms with Crippen molar-refractivity contribution in [1.82, 2.24) is 10.4 Å². The van der Waals surface area contributed by atoms with Crippen molar-refractivity contribution in [3.63, 3.8) is 0 Å². The topological polar surface area (TPSA) is 142 Å². The Kier molecular flexibility index (Phi) is 10.6. The maximum absolute atomic E-state index is 14.1. The van der Waals surface area contributed by atoms with E-state index in [1.54, 1.807) is 31.2 Å². The minimum atomic E-state index is -1.80. The molecule has 35 heavy (non-hydrogen) atoms. The summed E-state index contributed by atoms with van der Waals surface area (Å²) in [4.78, 5) is 45.9. The van der Waals surface area contributed by atoms with E-state index in [1.165, 1.54) is 18.2 Å². The quantitative estimate of drug-likeness (QED) is 0.179. The molecule has 0 aliphatic rings. The lowest BCUT2D eigenvalue weighted by atomic mass is 10.0. The van der Waals surface area contributed by atoms with Gasteiger partial charge in [-0.1, -0.05) is 42.8 Å². The van der Waals surface area contributed by atoms with Gasteiger partial charge >= 0.3 is 23.8 Å². The Hall–Kier alpha value is -3.54. The number of carbonyl (C=O) groups is 4. The monoisotopic (exact) mass is 510 g/mol. The third-order valence-electron chi connectivity index (χ3n) is 4.56. The number of halogens is 2. The first-order chi connectivity index (χ1) is 16.6. The second kappa shape index (κ2) is 13.4. The molecule has 188 valence electrons. The van der Waals surface area contributed by atoms with Crippen LogP contribution < -0.4 is 5.43 Å². The zero-order valence-electron chi connectivity index (χ0n) is 18.7. The highest BCUT2D eigenvalue weighted by Gasteiger charge is 2.24. The predicted molar refractivity (Wildman–Crippen MR) is 121 cm³/mol. The number of aliphatic hydroxyl groups excluding tert-OH is 1. The molecule has 3 N–H and O–H groups in total. The first kappa shape index (κ1) is 27.7. The summed E-state index contributed by atoms with van der Waals surface area (Å²) in [5.74, 6) is -5.36. The fourth-order valence-electron chi connectivity index (χ4n) is 2.88. The number of aliphatic hydroxyl groups is 1. The Bertz CT molecular complexity index is 1060. The van der Waals surface area contributed by atoms with E-state index in [0.29, 0.717) is 22.6 Å². The number of ether oxygens (including phenoxy) is 2. The molecule has 2 aromatic rings. The van der Waals surface area contributed by atoms with Crippen LogP contribution in [-0.4, -0.2) is 58.5 Å². The zero-order valence-corrected chi connectivity index (χ0v) is 19.5. The summed E-state index contributed by atoms with van der Waals surface area (Å²) in [5.41, 5.74) is 3.41. The Labute approximate surface area is 205 Å². The molecule has 0 aliphatic heterocycles. The van der Waals surface area contributed by atoms with Crippen molar-refractivity contribution in [2.75, 3.05) is 13.3 Å². The van der Waals surface area contributed by atoms with Crippen molar-refractivity contribution in [3.05, 3.63) is 58.9 Å². The van der Waals surface area contributed by atoms with Gasteiger partial charge in [0, 0.05) is 23.6 Å². The molecule has 2 aromatic carbocycles. The second-order valence-corrected chi connectivity index (χ2v) is 7.75. The van der Waals surface area contributed by atoms with Gasteiger partial charge < -0.3 is 19.7 Å². The van der Waals surface area contributed by atoms with E-state index in [2.05, 4.69) is 14.9 Å². The molecule has 0 radical (unpaired) electrons. The van der Waals surface area contributed by atoms with E-state index >= 15 is 0 Å². The summed E-state index contributed by atoms with van der Waals surface area (Å²) >= 11 is 5.93. The molecule has 0 heterocycles. The summed E-state index contributed by atoms with van der Waals surface area (Å²) in [6, 6.07) is 10.5. The number of carboxylic acids is 1. The lowest BCUT2D eigenvalue weighted by molar-refractivity contribution is -0.174. The highest BCUT2D eigenvalue weighted by atomic mass is 35.5. The second-order valence-electron chi connectivity index (χ2n) is 7.31. The lowest BCUT2D eigenvalue weighted by Crippen LogP contribution is -2.49. The molecule has 0 aromatic heterocycles. The number of benzene rings is 2. The van der Waals surface area contributed by atoms with E-state index < -0.39 is 49.1 Å². The zero-order chi connectivity index (χ0) is 26.0. The normalized spacial score (nSPS) is 11.6. The number of hydrazine groups is 1. The molecule has 0 fully saturated rings. The number of nitrogens with zero attached hydrogens (tertiary/aromatic N) is 1. The van der Waals surface area contributed by atoms with Crippen LogP contribution in [0, 0.1) is 5.82 Å². The highest BCUT2D eigenvalue weighted by molar-refractivity contribution is 6.31. The number of hydrogen-bond donors (Lipinski definition) is 3. The van der Waals surface area contributed by atoms with E-state index in [1.807, 2.05) is 0 Å². The first-order valence-electron chi connectivity index (χ1n) is 10.4. The summed E-state index contributed by atoms with van der Waals surface area (Å²) in [7, 11) is 0. The molecule has 2 rings (SSSR count). The van der Waals surface area contributed by atoms with Gasteiger partial charge in [-0.25, -0.2) is 19.0 Å². The van der Waals surface area contributed by atoms with Crippen molar-refractivity contribution in [2.24, 2.45) is 0 Å². The van der Waals surface area contributed by atoms with Gasteiger partial charge in [0.2, 0.25) is 6.79 Å². The summed E-state index contributed by atoms with van der Waals surface area (Å²) in [6.07, 6.45) is -1.12. The molecule has 0 saturated heterocycles. The number of nitrogens with one attached hydrogen (secondary N) is 1. The molecule has 0 spiro atoms. The average molecular weight is 511 g/mol. The Balaban J connectivity index is 2.06. The molecule has 0 saturated carbocycles. The van der Waals surface area contributed by atoms with Gasteiger partial charge in [0.1, 0.15) is 5.82 Å². The smallest absolute Gasteiger partial charge is 0.395 e. The SMILES string of the molecule is CCCC(=O)OCOC(=O)C(O)CN(Cc1ccc(-c2cc(Cl)ccc2F)cc1)NC(=O)C(=O)O. The van der Waals surface area contributed by atoms with Gasteiger partial charge in [0.25, 0.3) is 0 Å². The first-order valence-corrected chi connectivity index (χ1v) is 10.8.